The Morgan fingerprint density at radius 2 is 1.59 bits per heavy atom. The highest BCUT2D eigenvalue weighted by Gasteiger charge is 2.59. The van der Waals surface area contributed by atoms with Crippen LogP contribution in [0.3, 0.4) is 0 Å². The summed E-state index contributed by atoms with van der Waals surface area (Å²) in [5.74, 6) is -2.02. The third-order valence-corrected chi connectivity index (χ3v) is 8.79. The van der Waals surface area contributed by atoms with Gasteiger partial charge in [-0.2, -0.15) is 9.97 Å². The molecule has 19 heteroatoms. The number of carbonyl (C=O) groups is 3. The molecule has 0 saturated carbocycles. The number of aromatic nitrogens is 4. The van der Waals surface area contributed by atoms with Crippen molar-refractivity contribution in [2.45, 2.75) is 79.0 Å². The average molecular weight is 739 g/mol. The van der Waals surface area contributed by atoms with Crippen molar-refractivity contribution in [3.63, 3.8) is 0 Å². The standard InChI is InChI=1S/C32H44FN6O11P/c1-30(2,3)27(41)44-17-47-51(43,48-18-45-28(42)31(4,5)6)46-15-20-23(50-21(40)14-19-12-10-9-11-13-19)32(7,33)26(49-20)39-16-36-22-24(35-8)37-29(34)38-25(22)39/h9-13,16,20,23,26H,14-15,17-18H2,1-8H3,(H3,34,35,37,38)/t20-,23-,26-,32-/m1/s1. The zero-order valence-corrected chi connectivity index (χ0v) is 30.6. The first-order valence-electron chi connectivity index (χ1n) is 15.9. The number of nitrogens with zero attached hydrogens (tertiary/aromatic N) is 4. The second kappa shape index (κ2) is 15.6. The SMILES string of the molecule is CNc1nc(N)nc2c1ncn2[C@@H]1O[C@H](COP(=O)(OCOC(=O)C(C)(C)C)OCOC(=O)C(C)(C)C)[C@@H](OC(=O)Cc2ccccc2)[C@@]1(C)F. The van der Waals surface area contributed by atoms with E-state index < -0.39 is 80.9 Å². The van der Waals surface area contributed by atoms with Crippen LogP contribution in [0.15, 0.2) is 36.7 Å². The predicted molar refractivity (Wildman–Crippen MR) is 179 cm³/mol. The lowest BCUT2D eigenvalue weighted by Crippen LogP contribution is -2.44. The number of halogens is 1. The number of hydrogen-bond donors (Lipinski definition) is 2. The largest absolute Gasteiger partial charge is 0.480 e. The first kappa shape index (κ1) is 39.6. The van der Waals surface area contributed by atoms with Crippen molar-refractivity contribution < 1.29 is 55.9 Å². The maximum absolute atomic E-state index is 17.0. The number of ether oxygens (including phenoxy) is 4. The Bertz CT molecular complexity index is 1720. The van der Waals surface area contributed by atoms with E-state index in [2.05, 4.69) is 20.3 Å². The molecule has 1 fully saturated rings. The van der Waals surface area contributed by atoms with Gasteiger partial charge in [0, 0.05) is 7.05 Å². The van der Waals surface area contributed by atoms with Gasteiger partial charge in [-0.15, -0.1) is 0 Å². The van der Waals surface area contributed by atoms with Crippen LogP contribution in [0.2, 0.25) is 0 Å². The number of nitrogens with one attached hydrogen (secondary N) is 1. The van der Waals surface area contributed by atoms with Gasteiger partial charge in [-0.1, -0.05) is 30.3 Å². The molecule has 3 heterocycles. The highest BCUT2D eigenvalue weighted by Crippen LogP contribution is 2.52. The van der Waals surface area contributed by atoms with Gasteiger partial charge >= 0.3 is 25.7 Å². The quantitative estimate of drug-likeness (QED) is 0.101. The van der Waals surface area contributed by atoms with E-state index in [1.54, 1.807) is 78.9 Å². The number of rotatable bonds is 14. The van der Waals surface area contributed by atoms with Crippen LogP contribution in [0.5, 0.6) is 0 Å². The highest BCUT2D eigenvalue weighted by molar-refractivity contribution is 7.48. The zero-order valence-electron chi connectivity index (χ0n) is 29.7. The van der Waals surface area contributed by atoms with E-state index in [1.807, 2.05) is 0 Å². The number of phosphoric ester groups is 1. The van der Waals surface area contributed by atoms with Crippen molar-refractivity contribution in [1.29, 1.82) is 0 Å². The van der Waals surface area contributed by atoms with Crippen LogP contribution in [0.25, 0.3) is 11.2 Å². The van der Waals surface area contributed by atoms with Crippen LogP contribution >= 0.6 is 7.82 Å². The Morgan fingerprint density at radius 3 is 2.14 bits per heavy atom. The van der Waals surface area contributed by atoms with E-state index in [1.165, 1.54) is 10.9 Å². The lowest BCUT2D eigenvalue weighted by atomic mass is 9.98. The van der Waals surface area contributed by atoms with Crippen LogP contribution in [-0.2, 0) is 57.9 Å². The maximum atomic E-state index is 17.0. The zero-order chi connectivity index (χ0) is 37.8. The van der Waals surface area contributed by atoms with Crippen molar-refractivity contribution >= 4 is 48.7 Å². The smallest absolute Gasteiger partial charge is 0.456 e. The fourth-order valence-corrected chi connectivity index (χ4v) is 5.67. The molecule has 0 radical (unpaired) electrons. The summed E-state index contributed by atoms with van der Waals surface area (Å²) in [6, 6.07) is 8.65. The number of anilines is 2. The Balaban J connectivity index is 1.62. The summed E-state index contributed by atoms with van der Waals surface area (Å²) >= 11 is 0. The lowest BCUT2D eigenvalue weighted by Gasteiger charge is -2.28. The highest BCUT2D eigenvalue weighted by atomic mass is 31.2. The number of benzene rings is 1. The van der Waals surface area contributed by atoms with Crippen molar-refractivity contribution in [1.82, 2.24) is 19.5 Å². The Labute approximate surface area is 294 Å². The Kier molecular flexibility index (Phi) is 12.1. The molecule has 51 heavy (non-hydrogen) atoms. The molecule has 1 aliphatic rings. The number of imidazole rings is 1. The van der Waals surface area contributed by atoms with Gasteiger partial charge in [0.15, 0.2) is 35.0 Å². The van der Waals surface area contributed by atoms with Gasteiger partial charge in [-0.05, 0) is 54.0 Å². The van der Waals surface area contributed by atoms with Gasteiger partial charge in [0.05, 0.1) is 30.2 Å². The number of nitrogen functional groups attached to an aromatic ring is 1. The van der Waals surface area contributed by atoms with E-state index in [0.717, 1.165) is 6.92 Å². The molecule has 0 spiro atoms. The number of esters is 3. The molecule has 0 amide bonds. The van der Waals surface area contributed by atoms with Gasteiger partial charge in [-0.3, -0.25) is 23.5 Å². The first-order valence-corrected chi connectivity index (χ1v) is 17.3. The fourth-order valence-electron chi connectivity index (χ4n) is 4.75. The normalized spacial score (nSPS) is 21.0. The van der Waals surface area contributed by atoms with Crippen LogP contribution in [0.1, 0.15) is 60.3 Å². The number of hydrogen-bond acceptors (Lipinski definition) is 16. The van der Waals surface area contributed by atoms with E-state index in [9.17, 15) is 18.9 Å². The van der Waals surface area contributed by atoms with Crippen molar-refractivity contribution in [2.75, 3.05) is 38.3 Å². The molecule has 2 aromatic heterocycles. The molecular formula is C32H44FN6O11P. The van der Waals surface area contributed by atoms with Gasteiger partial charge in [0.25, 0.3) is 0 Å². The summed E-state index contributed by atoms with van der Waals surface area (Å²) in [6.45, 7) is 8.23. The molecule has 3 N–H and O–H groups in total. The average Bonchev–Trinajstić information content (AvgIpc) is 3.56. The summed E-state index contributed by atoms with van der Waals surface area (Å²) in [5.41, 5.74) is 2.54. The molecule has 1 aliphatic heterocycles. The predicted octanol–water partition coefficient (Wildman–Crippen LogP) is 4.48. The van der Waals surface area contributed by atoms with Crippen LogP contribution in [0, 0.1) is 10.8 Å². The molecule has 4 atom stereocenters. The van der Waals surface area contributed by atoms with E-state index in [-0.39, 0.29) is 29.4 Å². The third kappa shape index (κ3) is 9.77. The van der Waals surface area contributed by atoms with Crippen LogP contribution in [0.4, 0.5) is 16.2 Å². The van der Waals surface area contributed by atoms with Crippen LogP contribution < -0.4 is 11.1 Å². The number of fused-ring (bicyclic) bond motifs is 1. The summed E-state index contributed by atoms with van der Waals surface area (Å²) < 4.78 is 70.0. The minimum Gasteiger partial charge on any atom is -0.456 e. The number of alkyl halides is 1. The lowest BCUT2D eigenvalue weighted by molar-refractivity contribution is -0.163. The Morgan fingerprint density at radius 1 is 1.00 bits per heavy atom. The van der Waals surface area contributed by atoms with Gasteiger partial charge in [-0.25, -0.2) is 23.0 Å². The van der Waals surface area contributed by atoms with Crippen LogP contribution in [-0.4, -0.2) is 82.5 Å². The molecule has 3 aromatic rings. The number of carbonyl (C=O) groups excluding carboxylic acids is 3. The summed E-state index contributed by atoms with van der Waals surface area (Å²) in [5, 5.41) is 2.85. The van der Waals surface area contributed by atoms with Crippen molar-refractivity contribution in [2.24, 2.45) is 10.8 Å². The second-order valence-corrected chi connectivity index (χ2v) is 15.5. The molecule has 1 saturated heterocycles. The second-order valence-electron chi connectivity index (χ2n) is 13.9. The molecule has 0 aliphatic carbocycles. The van der Waals surface area contributed by atoms with Gasteiger partial charge in [0.1, 0.15) is 6.10 Å². The van der Waals surface area contributed by atoms with Crippen molar-refractivity contribution in [3.05, 3.63) is 42.2 Å². The Hall–Kier alpha value is -4.22. The number of phosphoric acid groups is 1. The molecule has 280 valence electrons. The molecule has 0 bridgehead atoms. The van der Waals surface area contributed by atoms with Crippen molar-refractivity contribution in [3.8, 4) is 0 Å². The maximum Gasteiger partial charge on any atom is 0.480 e. The third-order valence-electron chi connectivity index (χ3n) is 7.48. The van der Waals surface area contributed by atoms with E-state index >= 15 is 4.39 Å². The number of nitrogens with two attached hydrogens (primary N) is 1. The molecule has 0 unspecified atom stereocenters. The van der Waals surface area contributed by atoms with Gasteiger partial charge in [0.2, 0.25) is 19.5 Å². The minimum absolute atomic E-state index is 0.107. The summed E-state index contributed by atoms with van der Waals surface area (Å²) in [6.07, 6.45) is -3.58. The van der Waals surface area contributed by atoms with Gasteiger partial charge < -0.3 is 30.0 Å². The molecule has 1 aromatic carbocycles. The monoisotopic (exact) mass is 738 g/mol. The first-order chi connectivity index (χ1) is 23.7. The fraction of sp³-hybridized carbons (Fsp3) is 0.562. The molecule has 17 nitrogen and oxygen atoms in total. The minimum atomic E-state index is -4.74. The molecular weight excluding hydrogens is 694 g/mol. The molecule has 4 rings (SSSR count). The van der Waals surface area contributed by atoms with E-state index in [0.29, 0.717) is 5.56 Å². The summed E-state index contributed by atoms with van der Waals surface area (Å²) in [7, 11) is -3.15. The van der Waals surface area contributed by atoms with E-state index in [4.69, 9.17) is 38.3 Å². The summed E-state index contributed by atoms with van der Waals surface area (Å²) in [4.78, 5) is 50.4. The topological polar surface area (TPSA) is 215 Å².